The van der Waals surface area contributed by atoms with Crippen LogP contribution in [0.5, 0.6) is 0 Å². The fourth-order valence-corrected chi connectivity index (χ4v) is 4.00. The summed E-state index contributed by atoms with van der Waals surface area (Å²) in [7, 11) is 0. The minimum absolute atomic E-state index is 0.00194. The van der Waals surface area contributed by atoms with Gasteiger partial charge in [0.05, 0.1) is 12.2 Å². The Morgan fingerprint density at radius 1 is 1.23 bits per heavy atom. The standard InChI is InChI=1S/C19H28N4O3/c1-4-13(5-2)19(26)23-8-6-14(10-23)17-20-16-11-22(12(3)24)9-7-15(16)18(25)21-17/h13-14H,4-11H2,1-3H3,(H,20,21,25). The predicted molar refractivity (Wildman–Crippen MR) is 97.7 cm³/mol. The minimum Gasteiger partial charge on any atom is -0.342 e. The number of hydrogen-bond donors (Lipinski definition) is 1. The highest BCUT2D eigenvalue weighted by Crippen LogP contribution is 2.27. The molecule has 0 spiro atoms. The normalized spacial score (nSPS) is 19.8. The molecule has 1 saturated heterocycles. The first-order valence-electron chi connectivity index (χ1n) is 9.60. The smallest absolute Gasteiger partial charge is 0.254 e. The molecule has 2 aliphatic rings. The third kappa shape index (κ3) is 3.52. The van der Waals surface area contributed by atoms with Crippen LogP contribution in [0.15, 0.2) is 4.79 Å². The van der Waals surface area contributed by atoms with Crippen LogP contribution in [0, 0.1) is 5.92 Å². The number of nitrogens with one attached hydrogen (secondary N) is 1. The van der Waals surface area contributed by atoms with Crippen LogP contribution in [0.25, 0.3) is 0 Å². The molecule has 0 aromatic carbocycles. The van der Waals surface area contributed by atoms with Crippen LogP contribution in [0.3, 0.4) is 0 Å². The second kappa shape index (κ2) is 7.60. The molecule has 1 N–H and O–H groups in total. The molecule has 0 bridgehead atoms. The maximum atomic E-state index is 12.6. The summed E-state index contributed by atoms with van der Waals surface area (Å²) in [6, 6.07) is 0. The zero-order chi connectivity index (χ0) is 18.8. The van der Waals surface area contributed by atoms with E-state index in [1.54, 1.807) is 4.90 Å². The van der Waals surface area contributed by atoms with Crippen LogP contribution < -0.4 is 5.56 Å². The monoisotopic (exact) mass is 360 g/mol. The fraction of sp³-hybridized carbons (Fsp3) is 0.684. The Balaban J connectivity index is 1.78. The molecular weight excluding hydrogens is 332 g/mol. The van der Waals surface area contributed by atoms with E-state index in [1.807, 2.05) is 18.7 Å². The predicted octanol–water partition coefficient (Wildman–Crippen LogP) is 1.43. The molecule has 1 aromatic heterocycles. The van der Waals surface area contributed by atoms with Gasteiger partial charge >= 0.3 is 0 Å². The van der Waals surface area contributed by atoms with Gasteiger partial charge in [-0.05, 0) is 25.7 Å². The van der Waals surface area contributed by atoms with Crippen molar-refractivity contribution in [3.8, 4) is 0 Å². The van der Waals surface area contributed by atoms with Crippen LogP contribution >= 0.6 is 0 Å². The molecule has 3 rings (SSSR count). The summed E-state index contributed by atoms with van der Waals surface area (Å²) >= 11 is 0. The average molecular weight is 360 g/mol. The van der Waals surface area contributed by atoms with Gasteiger partial charge < -0.3 is 14.8 Å². The molecule has 2 amide bonds. The van der Waals surface area contributed by atoms with Crippen molar-refractivity contribution in [1.29, 1.82) is 0 Å². The molecule has 1 aromatic rings. The number of nitrogens with zero attached hydrogens (tertiary/aromatic N) is 3. The number of carbonyl (C=O) groups excluding carboxylic acids is 2. The zero-order valence-electron chi connectivity index (χ0n) is 15.9. The largest absolute Gasteiger partial charge is 0.342 e. The molecule has 0 radical (unpaired) electrons. The molecular formula is C19H28N4O3. The van der Waals surface area contributed by atoms with Gasteiger partial charge in [-0.2, -0.15) is 0 Å². The topological polar surface area (TPSA) is 86.4 Å². The number of aromatic amines is 1. The molecule has 26 heavy (non-hydrogen) atoms. The number of aromatic nitrogens is 2. The second-order valence-corrected chi connectivity index (χ2v) is 7.35. The summed E-state index contributed by atoms with van der Waals surface area (Å²) in [5, 5.41) is 0. The highest BCUT2D eigenvalue weighted by Gasteiger charge is 2.32. The van der Waals surface area contributed by atoms with Crippen molar-refractivity contribution in [3.05, 3.63) is 27.4 Å². The first kappa shape index (κ1) is 18.6. The van der Waals surface area contributed by atoms with Crippen molar-refractivity contribution in [2.75, 3.05) is 19.6 Å². The fourth-order valence-electron chi connectivity index (χ4n) is 4.00. The molecule has 1 unspecified atom stereocenters. The van der Waals surface area contributed by atoms with E-state index in [0.717, 1.165) is 19.3 Å². The van der Waals surface area contributed by atoms with Gasteiger partial charge in [0, 0.05) is 44.0 Å². The molecule has 3 heterocycles. The van der Waals surface area contributed by atoms with Crippen LogP contribution in [0.2, 0.25) is 0 Å². The maximum Gasteiger partial charge on any atom is 0.254 e. The maximum absolute atomic E-state index is 12.6. The lowest BCUT2D eigenvalue weighted by atomic mass is 10.0. The van der Waals surface area contributed by atoms with Gasteiger partial charge in [0.25, 0.3) is 5.56 Å². The van der Waals surface area contributed by atoms with Crippen molar-refractivity contribution in [1.82, 2.24) is 19.8 Å². The van der Waals surface area contributed by atoms with Gasteiger partial charge in [0.2, 0.25) is 11.8 Å². The second-order valence-electron chi connectivity index (χ2n) is 7.35. The molecule has 0 saturated carbocycles. The average Bonchev–Trinajstić information content (AvgIpc) is 3.12. The summed E-state index contributed by atoms with van der Waals surface area (Å²) in [6.45, 7) is 7.90. The summed E-state index contributed by atoms with van der Waals surface area (Å²) in [5.74, 6) is 0.995. The van der Waals surface area contributed by atoms with E-state index < -0.39 is 0 Å². The molecule has 0 aliphatic carbocycles. The van der Waals surface area contributed by atoms with Crippen LogP contribution in [-0.2, 0) is 22.6 Å². The zero-order valence-corrected chi connectivity index (χ0v) is 15.9. The Bertz CT molecular complexity index is 754. The van der Waals surface area contributed by atoms with Crippen molar-refractivity contribution >= 4 is 11.8 Å². The summed E-state index contributed by atoms with van der Waals surface area (Å²) < 4.78 is 0. The lowest BCUT2D eigenvalue weighted by Crippen LogP contribution is -2.38. The number of amides is 2. The van der Waals surface area contributed by atoms with E-state index >= 15 is 0 Å². The number of carbonyl (C=O) groups is 2. The summed E-state index contributed by atoms with van der Waals surface area (Å²) in [4.78, 5) is 47.9. The Kier molecular flexibility index (Phi) is 5.44. The molecule has 7 nitrogen and oxygen atoms in total. The van der Waals surface area contributed by atoms with E-state index in [9.17, 15) is 14.4 Å². The summed E-state index contributed by atoms with van der Waals surface area (Å²) in [5.41, 5.74) is 1.29. The third-order valence-corrected chi connectivity index (χ3v) is 5.76. The SMILES string of the molecule is CCC(CC)C(=O)N1CCC(c2nc3c(c(=O)[nH]2)CCN(C(C)=O)C3)C1. The number of likely N-dealkylation sites (tertiary alicyclic amines) is 1. The first-order valence-corrected chi connectivity index (χ1v) is 9.60. The van der Waals surface area contributed by atoms with Crippen molar-refractivity contribution in [2.24, 2.45) is 5.92 Å². The lowest BCUT2D eigenvalue weighted by molar-refractivity contribution is -0.134. The van der Waals surface area contributed by atoms with Gasteiger partial charge in [-0.3, -0.25) is 14.4 Å². The van der Waals surface area contributed by atoms with Gasteiger partial charge in [-0.25, -0.2) is 4.98 Å². The molecule has 1 fully saturated rings. The minimum atomic E-state index is -0.0991. The highest BCUT2D eigenvalue weighted by atomic mass is 16.2. The van der Waals surface area contributed by atoms with Gasteiger partial charge in [0.15, 0.2) is 0 Å². The van der Waals surface area contributed by atoms with E-state index in [0.29, 0.717) is 49.7 Å². The van der Waals surface area contributed by atoms with Crippen LogP contribution in [0.4, 0.5) is 0 Å². The summed E-state index contributed by atoms with van der Waals surface area (Å²) in [6.07, 6.45) is 3.06. The van der Waals surface area contributed by atoms with Crippen LogP contribution in [-0.4, -0.2) is 51.2 Å². The van der Waals surface area contributed by atoms with Gasteiger partial charge in [0.1, 0.15) is 5.82 Å². The number of rotatable bonds is 4. The first-order chi connectivity index (χ1) is 12.4. The molecule has 2 aliphatic heterocycles. The van der Waals surface area contributed by atoms with Crippen LogP contribution in [0.1, 0.15) is 63.0 Å². The lowest BCUT2D eigenvalue weighted by Gasteiger charge is -2.27. The highest BCUT2D eigenvalue weighted by molar-refractivity contribution is 5.79. The van der Waals surface area contributed by atoms with Gasteiger partial charge in [-0.15, -0.1) is 0 Å². The van der Waals surface area contributed by atoms with E-state index in [-0.39, 0.29) is 29.2 Å². The van der Waals surface area contributed by atoms with Crippen molar-refractivity contribution in [2.45, 2.75) is 58.9 Å². The quantitative estimate of drug-likeness (QED) is 0.880. The number of H-pyrrole nitrogens is 1. The van der Waals surface area contributed by atoms with E-state index in [1.165, 1.54) is 6.92 Å². The Hall–Kier alpha value is -2.18. The molecule has 142 valence electrons. The number of fused-ring (bicyclic) bond motifs is 1. The molecule has 7 heteroatoms. The van der Waals surface area contributed by atoms with Crippen molar-refractivity contribution in [3.63, 3.8) is 0 Å². The Labute approximate surface area is 153 Å². The van der Waals surface area contributed by atoms with Crippen molar-refractivity contribution < 1.29 is 9.59 Å². The Morgan fingerprint density at radius 3 is 2.62 bits per heavy atom. The van der Waals surface area contributed by atoms with E-state index in [2.05, 4.69) is 9.97 Å². The van der Waals surface area contributed by atoms with Gasteiger partial charge in [-0.1, -0.05) is 13.8 Å². The molecule has 1 atom stereocenters. The Morgan fingerprint density at radius 2 is 1.96 bits per heavy atom. The number of hydrogen-bond acceptors (Lipinski definition) is 4. The van der Waals surface area contributed by atoms with E-state index in [4.69, 9.17) is 0 Å². The third-order valence-electron chi connectivity index (χ3n) is 5.76.